The van der Waals surface area contributed by atoms with Crippen molar-refractivity contribution in [1.29, 1.82) is 0 Å². The Balaban J connectivity index is 1.80. The maximum atomic E-state index is 6.10. The van der Waals surface area contributed by atoms with E-state index >= 15 is 0 Å². The second-order valence-corrected chi connectivity index (χ2v) is 6.46. The molecule has 0 fully saturated rings. The molecule has 2 heterocycles. The van der Waals surface area contributed by atoms with Crippen molar-refractivity contribution in [2.24, 2.45) is 0 Å². The fourth-order valence-electron chi connectivity index (χ4n) is 2.70. The highest BCUT2D eigenvalue weighted by Gasteiger charge is 2.11. The van der Waals surface area contributed by atoms with E-state index in [1.165, 1.54) is 5.56 Å². The Labute approximate surface area is 144 Å². The van der Waals surface area contributed by atoms with Gasteiger partial charge in [0.25, 0.3) is 0 Å². The lowest BCUT2D eigenvalue weighted by atomic mass is 10.0. The number of rotatable bonds is 3. The van der Waals surface area contributed by atoms with Gasteiger partial charge in [0.1, 0.15) is 6.33 Å². The van der Waals surface area contributed by atoms with Gasteiger partial charge in [0, 0.05) is 10.7 Å². The van der Waals surface area contributed by atoms with Gasteiger partial charge < -0.3 is 5.32 Å². The Morgan fingerprint density at radius 2 is 1.88 bits per heavy atom. The summed E-state index contributed by atoms with van der Waals surface area (Å²) in [4.78, 5) is 4.68. The highest BCUT2D eigenvalue weighted by molar-refractivity contribution is 6.31. The quantitative estimate of drug-likeness (QED) is 0.583. The lowest BCUT2D eigenvalue weighted by Gasteiger charge is -2.11. The van der Waals surface area contributed by atoms with Crippen molar-refractivity contribution in [2.45, 2.75) is 19.8 Å². The van der Waals surface area contributed by atoms with E-state index in [0.717, 1.165) is 16.7 Å². The predicted molar refractivity (Wildman–Crippen MR) is 97.1 cm³/mol. The number of hydrogen-bond acceptors (Lipinski definition) is 4. The van der Waals surface area contributed by atoms with Crippen LogP contribution >= 0.6 is 11.6 Å². The van der Waals surface area contributed by atoms with Gasteiger partial charge in [0.05, 0.1) is 11.0 Å². The molecule has 0 spiro atoms. The smallest absolute Gasteiger partial charge is 0.204 e. The molecule has 0 aliphatic carbocycles. The third kappa shape index (κ3) is 2.57. The fraction of sp³-hybridized carbons (Fsp3) is 0.167. The van der Waals surface area contributed by atoms with Crippen LogP contribution in [0.1, 0.15) is 25.3 Å². The van der Waals surface area contributed by atoms with Crippen molar-refractivity contribution < 1.29 is 0 Å². The van der Waals surface area contributed by atoms with Gasteiger partial charge in [0.2, 0.25) is 5.65 Å². The summed E-state index contributed by atoms with van der Waals surface area (Å²) in [5.41, 5.74) is 4.63. The first-order chi connectivity index (χ1) is 11.6. The molecule has 0 aliphatic rings. The van der Waals surface area contributed by atoms with Gasteiger partial charge in [-0.15, -0.1) is 10.2 Å². The third-order valence-electron chi connectivity index (χ3n) is 4.03. The first-order valence-electron chi connectivity index (χ1n) is 7.78. The SMILES string of the molecule is CC(C)c1ccc(Nc2nc3ccc(Cl)cc3n3cnnc23)cc1. The molecule has 0 radical (unpaired) electrons. The first-order valence-corrected chi connectivity index (χ1v) is 8.15. The normalized spacial score (nSPS) is 11.5. The Morgan fingerprint density at radius 1 is 1.08 bits per heavy atom. The zero-order valence-corrected chi connectivity index (χ0v) is 14.1. The van der Waals surface area contributed by atoms with E-state index in [2.05, 4.69) is 58.6 Å². The summed E-state index contributed by atoms with van der Waals surface area (Å²) < 4.78 is 1.89. The number of hydrogen-bond donors (Lipinski definition) is 1. The van der Waals surface area contributed by atoms with Crippen molar-refractivity contribution in [1.82, 2.24) is 19.6 Å². The van der Waals surface area contributed by atoms with Crippen LogP contribution in [0.15, 0.2) is 48.8 Å². The second-order valence-electron chi connectivity index (χ2n) is 6.02. The van der Waals surface area contributed by atoms with Gasteiger partial charge in [-0.1, -0.05) is 37.6 Å². The molecule has 6 heteroatoms. The minimum atomic E-state index is 0.505. The summed E-state index contributed by atoms with van der Waals surface area (Å²) in [5.74, 6) is 1.17. The van der Waals surface area contributed by atoms with Crippen LogP contribution in [0.25, 0.3) is 16.7 Å². The largest absolute Gasteiger partial charge is 0.337 e. The maximum Gasteiger partial charge on any atom is 0.204 e. The third-order valence-corrected chi connectivity index (χ3v) is 4.26. The Bertz CT molecular complexity index is 1020. The average Bonchev–Trinajstić information content (AvgIpc) is 3.06. The van der Waals surface area contributed by atoms with Crippen LogP contribution in [0.3, 0.4) is 0 Å². The van der Waals surface area contributed by atoms with Crippen LogP contribution in [0.2, 0.25) is 5.02 Å². The average molecular weight is 338 g/mol. The molecule has 2 aromatic heterocycles. The molecule has 0 saturated heterocycles. The fourth-order valence-corrected chi connectivity index (χ4v) is 2.87. The van der Waals surface area contributed by atoms with Crippen molar-refractivity contribution in [2.75, 3.05) is 5.32 Å². The lowest BCUT2D eigenvalue weighted by Crippen LogP contribution is -2.00. The van der Waals surface area contributed by atoms with Crippen molar-refractivity contribution in [3.8, 4) is 0 Å². The van der Waals surface area contributed by atoms with Gasteiger partial charge in [-0.2, -0.15) is 0 Å². The molecule has 4 aromatic rings. The van der Waals surface area contributed by atoms with E-state index in [4.69, 9.17) is 11.6 Å². The standard InChI is InChI=1S/C18H16ClN5/c1-11(2)12-3-6-14(7-4-12)21-17-18-23-20-10-24(18)16-9-13(19)5-8-15(16)22-17/h3-11H,1-2H3,(H,21,22). The van der Waals surface area contributed by atoms with Crippen molar-refractivity contribution in [3.63, 3.8) is 0 Å². The van der Waals surface area contributed by atoms with Crippen molar-refractivity contribution >= 4 is 39.8 Å². The maximum absolute atomic E-state index is 6.10. The van der Waals surface area contributed by atoms with Crippen LogP contribution < -0.4 is 5.32 Å². The minimum Gasteiger partial charge on any atom is -0.337 e. The zero-order valence-electron chi connectivity index (χ0n) is 13.4. The van der Waals surface area contributed by atoms with E-state index in [1.54, 1.807) is 6.33 Å². The van der Waals surface area contributed by atoms with Crippen LogP contribution in [0.4, 0.5) is 11.5 Å². The van der Waals surface area contributed by atoms with Crippen LogP contribution in [0.5, 0.6) is 0 Å². The molecule has 5 nitrogen and oxygen atoms in total. The summed E-state index contributed by atoms with van der Waals surface area (Å²) in [5, 5.41) is 12.2. The zero-order chi connectivity index (χ0) is 16.7. The molecule has 24 heavy (non-hydrogen) atoms. The van der Waals surface area contributed by atoms with Crippen LogP contribution in [-0.2, 0) is 0 Å². The topological polar surface area (TPSA) is 55.1 Å². The molecular formula is C18H16ClN5. The van der Waals surface area contributed by atoms with Gasteiger partial charge in [-0.3, -0.25) is 4.40 Å². The monoisotopic (exact) mass is 337 g/mol. The summed E-state index contributed by atoms with van der Waals surface area (Å²) >= 11 is 6.10. The summed E-state index contributed by atoms with van der Waals surface area (Å²) in [6, 6.07) is 13.9. The highest BCUT2D eigenvalue weighted by Crippen LogP contribution is 2.26. The number of fused-ring (bicyclic) bond motifs is 3. The Kier molecular flexibility index (Phi) is 3.58. The molecule has 4 rings (SSSR count). The minimum absolute atomic E-state index is 0.505. The number of anilines is 2. The highest BCUT2D eigenvalue weighted by atomic mass is 35.5. The molecular weight excluding hydrogens is 322 g/mol. The molecule has 0 saturated carbocycles. The van der Waals surface area contributed by atoms with E-state index < -0.39 is 0 Å². The summed E-state index contributed by atoms with van der Waals surface area (Å²) in [6.45, 7) is 4.36. The number of halogens is 1. The number of nitrogens with zero attached hydrogens (tertiary/aromatic N) is 4. The molecule has 0 aliphatic heterocycles. The number of aromatic nitrogens is 4. The van der Waals surface area contributed by atoms with Gasteiger partial charge >= 0.3 is 0 Å². The Hall–Kier alpha value is -2.66. The lowest BCUT2D eigenvalue weighted by molar-refractivity contribution is 0.867. The molecule has 1 N–H and O–H groups in total. The molecule has 120 valence electrons. The van der Waals surface area contributed by atoms with Gasteiger partial charge in [-0.25, -0.2) is 4.98 Å². The van der Waals surface area contributed by atoms with Crippen LogP contribution in [-0.4, -0.2) is 19.6 Å². The summed E-state index contributed by atoms with van der Waals surface area (Å²) in [7, 11) is 0. The van der Waals surface area contributed by atoms with Gasteiger partial charge in [-0.05, 0) is 41.8 Å². The first kappa shape index (κ1) is 14.9. The van der Waals surface area contributed by atoms with Crippen molar-refractivity contribution in [3.05, 3.63) is 59.4 Å². The number of nitrogens with one attached hydrogen (secondary N) is 1. The Morgan fingerprint density at radius 3 is 2.62 bits per heavy atom. The molecule has 2 aromatic carbocycles. The summed E-state index contributed by atoms with van der Waals surface area (Å²) in [6.07, 6.45) is 1.67. The number of benzene rings is 2. The van der Waals surface area contributed by atoms with E-state index in [9.17, 15) is 0 Å². The predicted octanol–water partition coefficient (Wildman–Crippen LogP) is 4.80. The van der Waals surface area contributed by atoms with E-state index in [1.807, 2.05) is 22.6 Å². The molecule has 0 unspecified atom stereocenters. The van der Waals surface area contributed by atoms with Crippen LogP contribution in [0, 0.1) is 0 Å². The van der Waals surface area contributed by atoms with Gasteiger partial charge in [0.15, 0.2) is 5.82 Å². The molecule has 0 amide bonds. The van der Waals surface area contributed by atoms with E-state index in [0.29, 0.717) is 22.4 Å². The second kappa shape index (κ2) is 5.76. The molecule has 0 bridgehead atoms. The van der Waals surface area contributed by atoms with E-state index in [-0.39, 0.29) is 0 Å². The molecule has 0 atom stereocenters.